The number of hydrogen-bond acceptors (Lipinski definition) is 5. The fraction of sp³-hybridized carbons (Fsp3) is 0.146. The Morgan fingerprint density at radius 1 is 0.532 bits per heavy atom. The van der Waals surface area contributed by atoms with Crippen molar-refractivity contribution < 1.29 is 9.31 Å². The van der Waals surface area contributed by atoms with Crippen LogP contribution in [0.25, 0.3) is 66.8 Å². The first-order valence-corrected chi connectivity index (χ1v) is 15.9. The van der Waals surface area contributed by atoms with E-state index in [2.05, 4.69) is 113 Å². The molecular formula is C41H32BN3O2. The fourth-order valence-electron chi connectivity index (χ4n) is 6.18. The summed E-state index contributed by atoms with van der Waals surface area (Å²) in [5, 5.41) is 4.77. The van der Waals surface area contributed by atoms with Crippen molar-refractivity contribution in [3.8, 4) is 45.3 Å². The molecule has 1 aromatic heterocycles. The Labute approximate surface area is 275 Å². The number of fused-ring (bicyclic) bond motifs is 3. The zero-order valence-electron chi connectivity index (χ0n) is 26.8. The summed E-state index contributed by atoms with van der Waals surface area (Å²) < 4.78 is 13.2. The van der Waals surface area contributed by atoms with Gasteiger partial charge < -0.3 is 9.31 Å². The van der Waals surface area contributed by atoms with Crippen LogP contribution in [0.15, 0.2) is 121 Å². The van der Waals surface area contributed by atoms with E-state index in [1.165, 1.54) is 21.5 Å². The van der Waals surface area contributed by atoms with Gasteiger partial charge in [0.2, 0.25) is 0 Å². The smallest absolute Gasteiger partial charge is 0.399 e. The second kappa shape index (κ2) is 11.2. The van der Waals surface area contributed by atoms with E-state index in [9.17, 15) is 0 Å². The molecule has 7 aromatic rings. The molecule has 226 valence electrons. The maximum absolute atomic E-state index is 6.59. The summed E-state index contributed by atoms with van der Waals surface area (Å²) in [4.78, 5) is 15.0. The summed E-state index contributed by atoms with van der Waals surface area (Å²) in [7, 11) is -0.570. The lowest BCUT2D eigenvalue weighted by atomic mass is 9.76. The number of benzene rings is 5. The largest absolute Gasteiger partial charge is 0.494 e. The van der Waals surface area contributed by atoms with Gasteiger partial charge in [-0.05, 0) is 96.2 Å². The van der Waals surface area contributed by atoms with E-state index in [-0.39, 0.29) is 0 Å². The zero-order valence-corrected chi connectivity index (χ0v) is 26.8. The van der Waals surface area contributed by atoms with Gasteiger partial charge >= 0.3 is 7.12 Å². The van der Waals surface area contributed by atoms with Crippen LogP contribution in [0.5, 0.6) is 0 Å². The molecule has 6 aromatic carbocycles. The Kier molecular flexibility index (Phi) is 6.91. The molecule has 2 heterocycles. The molecule has 0 amide bonds. The van der Waals surface area contributed by atoms with Crippen LogP contribution in [-0.4, -0.2) is 33.3 Å². The number of aromatic nitrogens is 3. The van der Waals surface area contributed by atoms with Crippen LogP contribution in [0.3, 0.4) is 0 Å². The van der Waals surface area contributed by atoms with Gasteiger partial charge in [0.25, 0.3) is 0 Å². The maximum atomic E-state index is 6.59. The van der Waals surface area contributed by atoms with Crippen LogP contribution in [-0.2, 0) is 9.31 Å². The van der Waals surface area contributed by atoms with Crippen molar-refractivity contribution in [2.75, 3.05) is 0 Å². The van der Waals surface area contributed by atoms with Crippen molar-refractivity contribution in [1.82, 2.24) is 15.0 Å². The van der Waals surface area contributed by atoms with Crippen LogP contribution in [0.4, 0.5) is 0 Å². The highest BCUT2D eigenvalue weighted by Crippen LogP contribution is 2.39. The second-order valence-electron chi connectivity index (χ2n) is 13.0. The van der Waals surface area contributed by atoms with E-state index >= 15 is 0 Å². The number of hydrogen-bond donors (Lipinski definition) is 0. The molecule has 0 radical (unpaired) electrons. The molecule has 0 spiro atoms. The van der Waals surface area contributed by atoms with Gasteiger partial charge in [0, 0.05) is 16.7 Å². The molecule has 0 bridgehead atoms. The number of nitrogens with zero attached hydrogens (tertiary/aromatic N) is 3. The second-order valence-corrected chi connectivity index (χ2v) is 13.0. The minimum absolute atomic E-state index is 0.495. The lowest BCUT2D eigenvalue weighted by Crippen LogP contribution is -2.41. The Balaban J connectivity index is 1.39. The minimum atomic E-state index is -0.570. The summed E-state index contributed by atoms with van der Waals surface area (Å²) >= 11 is 0. The molecule has 47 heavy (non-hydrogen) atoms. The van der Waals surface area contributed by atoms with Crippen LogP contribution in [0.1, 0.15) is 27.7 Å². The Bertz CT molecular complexity index is 2200. The number of rotatable bonds is 5. The molecule has 1 aliphatic heterocycles. The first-order valence-electron chi connectivity index (χ1n) is 15.9. The van der Waals surface area contributed by atoms with Crippen LogP contribution >= 0.6 is 0 Å². The lowest BCUT2D eigenvalue weighted by Gasteiger charge is -2.32. The van der Waals surface area contributed by atoms with Crippen molar-refractivity contribution in [3.63, 3.8) is 0 Å². The van der Waals surface area contributed by atoms with E-state index in [1.54, 1.807) is 0 Å². The molecule has 0 unspecified atom stereocenters. The molecule has 0 N–H and O–H groups in total. The molecule has 8 rings (SSSR count). The summed E-state index contributed by atoms with van der Waals surface area (Å²) in [6, 6.07) is 47.5. The van der Waals surface area contributed by atoms with Gasteiger partial charge in [-0.3, -0.25) is 0 Å². The molecule has 0 atom stereocenters. The topological polar surface area (TPSA) is 57.1 Å². The highest BCUT2D eigenvalue weighted by Gasteiger charge is 2.51. The first-order chi connectivity index (χ1) is 22.8. The Morgan fingerprint density at radius 3 is 1.83 bits per heavy atom. The van der Waals surface area contributed by atoms with Crippen molar-refractivity contribution in [3.05, 3.63) is 133 Å². The molecular weight excluding hydrogens is 577 g/mol. The van der Waals surface area contributed by atoms with E-state index in [0.717, 1.165) is 33.3 Å². The minimum Gasteiger partial charge on any atom is -0.399 e. The van der Waals surface area contributed by atoms with E-state index in [0.29, 0.717) is 17.5 Å². The Hall–Kier alpha value is -5.35. The normalized spacial score (nSPS) is 15.2. The SMILES string of the molecule is CC1(C)OB(c2cc(-c3nc(-c4cc#ccc4)nc(-c4ccccc4)n3)cc(-c3cc4ccccc4c4ccccc34)c2)OC1(C)C. The van der Waals surface area contributed by atoms with Gasteiger partial charge in [0.1, 0.15) is 0 Å². The van der Waals surface area contributed by atoms with E-state index in [4.69, 9.17) is 24.3 Å². The van der Waals surface area contributed by atoms with Crippen molar-refractivity contribution >= 4 is 34.1 Å². The van der Waals surface area contributed by atoms with Gasteiger partial charge in [-0.25, -0.2) is 15.0 Å². The first kappa shape index (κ1) is 29.1. The van der Waals surface area contributed by atoms with E-state index in [1.807, 2.05) is 48.5 Å². The lowest BCUT2D eigenvalue weighted by molar-refractivity contribution is 0.00578. The van der Waals surface area contributed by atoms with Gasteiger partial charge in [0.05, 0.1) is 11.2 Å². The van der Waals surface area contributed by atoms with Gasteiger partial charge in [-0.2, -0.15) is 0 Å². The third-order valence-corrected chi connectivity index (χ3v) is 9.40. The van der Waals surface area contributed by atoms with Gasteiger partial charge in [0.15, 0.2) is 17.5 Å². The van der Waals surface area contributed by atoms with Crippen molar-refractivity contribution in [1.29, 1.82) is 0 Å². The quantitative estimate of drug-likeness (QED) is 0.144. The zero-order chi connectivity index (χ0) is 32.2. The average Bonchev–Trinajstić information content (AvgIpc) is 3.34. The van der Waals surface area contributed by atoms with Gasteiger partial charge in [-0.1, -0.05) is 103 Å². The van der Waals surface area contributed by atoms with Crippen molar-refractivity contribution in [2.24, 2.45) is 0 Å². The highest BCUT2D eigenvalue weighted by molar-refractivity contribution is 6.62. The molecule has 0 aliphatic carbocycles. The molecule has 5 nitrogen and oxygen atoms in total. The fourth-order valence-corrected chi connectivity index (χ4v) is 6.18. The van der Waals surface area contributed by atoms with Gasteiger partial charge in [-0.15, -0.1) is 0 Å². The molecule has 0 saturated carbocycles. The standard InChI is InChI=1S/C41H32BN3O2/c1-40(2)41(3,4)47-42(46-40)32-24-30(36-26-29-19-11-12-20-33(29)34-21-13-14-22-35(34)36)23-31(25-32)39-44-37(27-15-7-5-8-16-27)43-38(45-39)28-17-9-6-10-18-28/h5,7-9,11-26H,1-4H3. The monoisotopic (exact) mass is 609 g/mol. The summed E-state index contributed by atoms with van der Waals surface area (Å²) in [5.41, 5.74) is 4.65. The summed E-state index contributed by atoms with van der Waals surface area (Å²) in [6.45, 7) is 8.31. The maximum Gasteiger partial charge on any atom is 0.494 e. The van der Waals surface area contributed by atoms with Crippen LogP contribution < -0.4 is 5.46 Å². The third kappa shape index (κ3) is 5.24. The van der Waals surface area contributed by atoms with Crippen molar-refractivity contribution in [2.45, 2.75) is 38.9 Å². The highest BCUT2D eigenvalue weighted by atomic mass is 16.7. The molecule has 1 saturated heterocycles. The molecule has 6 heteroatoms. The predicted octanol–water partition coefficient (Wildman–Crippen LogP) is 8.75. The third-order valence-electron chi connectivity index (χ3n) is 9.40. The molecule has 1 fully saturated rings. The Morgan fingerprint density at radius 2 is 1.13 bits per heavy atom. The predicted molar refractivity (Wildman–Crippen MR) is 190 cm³/mol. The average molecular weight is 610 g/mol. The van der Waals surface area contributed by atoms with Crippen LogP contribution in [0.2, 0.25) is 0 Å². The summed E-state index contributed by atoms with van der Waals surface area (Å²) in [6.07, 6.45) is 0. The summed E-state index contributed by atoms with van der Waals surface area (Å²) in [5.74, 6) is 1.72. The molecule has 1 aliphatic rings. The van der Waals surface area contributed by atoms with E-state index < -0.39 is 18.3 Å². The van der Waals surface area contributed by atoms with Crippen LogP contribution in [0, 0.1) is 12.1 Å².